The van der Waals surface area contributed by atoms with E-state index in [1.807, 2.05) is 6.20 Å². The number of nitrogens with zero attached hydrogens (tertiary/aromatic N) is 2. The summed E-state index contributed by atoms with van der Waals surface area (Å²) < 4.78 is 0. The van der Waals surface area contributed by atoms with Gasteiger partial charge in [0.05, 0.1) is 24.5 Å². The molecule has 2 heterocycles. The summed E-state index contributed by atoms with van der Waals surface area (Å²) in [6.45, 7) is 3.52. The van der Waals surface area contributed by atoms with Crippen molar-refractivity contribution in [2.24, 2.45) is 0 Å². The fourth-order valence-corrected chi connectivity index (χ4v) is 2.46. The molecule has 1 amide bonds. The maximum atomic E-state index is 11.5. The molecule has 1 aromatic heterocycles. The number of hydrogen-bond donors (Lipinski definition) is 2. The Labute approximate surface area is 102 Å². The Morgan fingerprint density at radius 2 is 2.47 bits per heavy atom. The Morgan fingerprint density at radius 1 is 1.65 bits per heavy atom. The van der Waals surface area contributed by atoms with Crippen molar-refractivity contribution in [1.82, 2.24) is 20.4 Å². The lowest BCUT2D eigenvalue weighted by Gasteiger charge is -2.34. The number of aromatic nitrogens is 2. The number of nitrogens with one attached hydrogen (secondary N) is 2. The van der Waals surface area contributed by atoms with Crippen LogP contribution in [0.4, 0.5) is 0 Å². The van der Waals surface area contributed by atoms with Crippen molar-refractivity contribution in [2.45, 2.75) is 32.2 Å². The molecule has 0 spiro atoms. The number of likely N-dealkylation sites (N-methyl/N-ethyl adjacent to an activating group) is 1. The Bertz CT molecular complexity index is 388. The molecule has 1 aliphatic heterocycles. The second kappa shape index (κ2) is 5.31. The van der Waals surface area contributed by atoms with Crippen molar-refractivity contribution in [3.8, 4) is 0 Å². The highest BCUT2D eigenvalue weighted by atomic mass is 16.1. The summed E-state index contributed by atoms with van der Waals surface area (Å²) in [5.41, 5.74) is 2.34. The summed E-state index contributed by atoms with van der Waals surface area (Å²) in [6.07, 6.45) is 5.33. The number of H-pyrrole nitrogens is 1. The molecule has 17 heavy (non-hydrogen) atoms. The summed E-state index contributed by atoms with van der Waals surface area (Å²) in [5, 5.41) is 9.84. The molecule has 2 rings (SSSR count). The van der Waals surface area contributed by atoms with Crippen molar-refractivity contribution in [3.05, 3.63) is 17.5 Å². The zero-order chi connectivity index (χ0) is 12.3. The van der Waals surface area contributed by atoms with Crippen LogP contribution in [0.1, 0.15) is 36.6 Å². The number of hydrogen-bond acceptors (Lipinski definition) is 3. The van der Waals surface area contributed by atoms with Gasteiger partial charge in [0.2, 0.25) is 5.91 Å². The molecule has 1 saturated heterocycles. The van der Waals surface area contributed by atoms with Crippen LogP contribution in [0.25, 0.3) is 0 Å². The maximum absolute atomic E-state index is 11.5. The van der Waals surface area contributed by atoms with Gasteiger partial charge in [0, 0.05) is 7.05 Å². The molecule has 94 valence electrons. The Morgan fingerprint density at radius 3 is 3.12 bits per heavy atom. The van der Waals surface area contributed by atoms with Gasteiger partial charge in [-0.05, 0) is 31.9 Å². The van der Waals surface area contributed by atoms with E-state index in [-0.39, 0.29) is 5.91 Å². The van der Waals surface area contributed by atoms with E-state index in [2.05, 4.69) is 27.3 Å². The molecule has 0 bridgehead atoms. The van der Waals surface area contributed by atoms with Gasteiger partial charge in [-0.25, -0.2) is 0 Å². The Balaban J connectivity index is 2.12. The summed E-state index contributed by atoms with van der Waals surface area (Å²) in [5.74, 6) is 0.0778. The number of carbonyl (C=O) groups excluding carboxylic acids is 1. The van der Waals surface area contributed by atoms with Gasteiger partial charge in [0.15, 0.2) is 0 Å². The molecule has 1 fully saturated rings. The van der Waals surface area contributed by atoms with Crippen LogP contribution >= 0.6 is 0 Å². The third-order valence-electron chi connectivity index (χ3n) is 3.44. The highest BCUT2D eigenvalue weighted by molar-refractivity contribution is 5.77. The van der Waals surface area contributed by atoms with Gasteiger partial charge in [-0.1, -0.05) is 6.42 Å². The quantitative estimate of drug-likeness (QED) is 0.822. The number of aryl methyl sites for hydroxylation is 1. The number of carbonyl (C=O) groups is 1. The second-order valence-corrected chi connectivity index (χ2v) is 4.62. The van der Waals surface area contributed by atoms with Crippen LogP contribution in [0.5, 0.6) is 0 Å². The van der Waals surface area contributed by atoms with Crippen molar-refractivity contribution >= 4 is 5.91 Å². The van der Waals surface area contributed by atoms with Crippen LogP contribution in [0.15, 0.2) is 6.20 Å². The summed E-state index contributed by atoms with van der Waals surface area (Å²) in [7, 11) is 1.68. The molecular weight excluding hydrogens is 216 g/mol. The summed E-state index contributed by atoms with van der Waals surface area (Å²) in [6, 6.07) is 0.309. The van der Waals surface area contributed by atoms with Gasteiger partial charge in [0.1, 0.15) is 0 Å². The van der Waals surface area contributed by atoms with Gasteiger partial charge in [-0.3, -0.25) is 14.8 Å². The maximum Gasteiger partial charge on any atom is 0.233 e. The molecule has 0 aliphatic carbocycles. The first-order valence-electron chi connectivity index (χ1n) is 6.17. The first-order chi connectivity index (χ1) is 8.22. The molecule has 5 nitrogen and oxygen atoms in total. The number of likely N-dealkylation sites (tertiary alicyclic amines) is 1. The molecule has 1 aliphatic rings. The third-order valence-corrected chi connectivity index (χ3v) is 3.44. The minimum Gasteiger partial charge on any atom is -0.358 e. The van der Waals surface area contributed by atoms with E-state index in [1.54, 1.807) is 7.05 Å². The number of rotatable bonds is 3. The van der Waals surface area contributed by atoms with Gasteiger partial charge in [-0.15, -0.1) is 0 Å². The van der Waals surface area contributed by atoms with Crippen molar-refractivity contribution < 1.29 is 4.79 Å². The van der Waals surface area contributed by atoms with Gasteiger partial charge < -0.3 is 5.32 Å². The second-order valence-electron chi connectivity index (χ2n) is 4.62. The molecule has 0 aromatic carbocycles. The molecule has 5 heteroatoms. The van der Waals surface area contributed by atoms with E-state index in [9.17, 15) is 4.79 Å². The average molecular weight is 236 g/mol. The lowest BCUT2D eigenvalue weighted by atomic mass is 9.97. The SMILES string of the molecule is CNC(=O)CN1CCCC[C@H]1c1[nH]ncc1C. The van der Waals surface area contributed by atoms with Crippen LogP contribution in [-0.2, 0) is 4.79 Å². The predicted molar refractivity (Wildman–Crippen MR) is 65.6 cm³/mol. The van der Waals surface area contributed by atoms with E-state index >= 15 is 0 Å². The van der Waals surface area contributed by atoms with Crippen LogP contribution in [-0.4, -0.2) is 41.1 Å². The van der Waals surface area contributed by atoms with Crippen molar-refractivity contribution in [1.29, 1.82) is 0 Å². The first-order valence-corrected chi connectivity index (χ1v) is 6.17. The summed E-state index contributed by atoms with van der Waals surface area (Å²) in [4.78, 5) is 13.7. The van der Waals surface area contributed by atoms with Gasteiger partial charge >= 0.3 is 0 Å². The van der Waals surface area contributed by atoms with E-state index in [1.165, 1.54) is 18.4 Å². The minimum atomic E-state index is 0.0778. The molecular formula is C12H20N4O. The lowest BCUT2D eigenvalue weighted by Crippen LogP contribution is -2.41. The van der Waals surface area contributed by atoms with E-state index in [0.717, 1.165) is 18.7 Å². The standard InChI is InChI=1S/C12H20N4O/c1-9-7-14-15-12(9)10-5-3-4-6-16(10)8-11(17)13-2/h7,10H,3-6,8H2,1-2H3,(H,13,17)(H,14,15)/t10-/m0/s1. The molecule has 1 atom stereocenters. The molecule has 0 radical (unpaired) electrons. The Kier molecular flexibility index (Phi) is 3.78. The fraction of sp³-hybridized carbons (Fsp3) is 0.667. The molecule has 2 N–H and O–H groups in total. The van der Waals surface area contributed by atoms with E-state index in [4.69, 9.17) is 0 Å². The van der Waals surface area contributed by atoms with Crippen LogP contribution in [0.2, 0.25) is 0 Å². The summed E-state index contributed by atoms with van der Waals surface area (Å²) >= 11 is 0. The van der Waals surface area contributed by atoms with Crippen molar-refractivity contribution in [3.63, 3.8) is 0 Å². The largest absolute Gasteiger partial charge is 0.358 e. The average Bonchev–Trinajstić information content (AvgIpc) is 2.76. The zero-order valence-corrected chi connectivity index (χ0v) is 10.5. The molecule has 0 unspecified atom stereocenters. The fourth-order valence-electron chi connectivity index (χ4n) is 2.46. The highest BCUT2D eigenvalue weighted by Crippen LogP contribution is 2.30. The molecule has 0 saturated carbocycles. The van der Waals surface area contributed by atoms with E-state index < -0.39 is 0 Å². The number of aromatic amines is 1. The van der Waals surface area contributed by atoms with Crippen LogP contribution in [0, 0.1) is 6.92 Å². The smallest absolute Gasteiger partial charge is 0.233 e. The number of piperidine rings is 1. The van der Waals surface area contributed by atoms with Crippen LogP contribution in [0.3, 0.4) is 0 Å². The topological polar surface area (TPSA) is 61.0 Å². The van der Waals surface area contributed by atoms with Crippen molar-refractivity contribution in [2.75, 3.05) is 20.1 Å². The van der Waals surface area contributed by atoms with Gasteiger partial charge in [-0.2, -0.15) is 5.10 Å². The van der Waals surface area contributed by atoms with Crippen LogP contribution < -0.4 is 5.32 Å². The van der Waals surface area contributed by atoms with E-state index in [0.29, 0.717) is 12.6 Å². The minimum absolute atomic E-state index is 0.0778. The highest BCUT2D eigenvalue weighted by Gasteiger charge is 2.27. The predicted octanol–water partition coefficient (Wildman–Crippen LogP) is 0.991. The third kappa shape index (κ3) is 2.66. The first kappa shape index (κ1) is 12.1. The lowest BCUT2D eigenvalue weighted by molar-refractivity contribution is -0.122. The monoisotopic (exact) mass is 236 g/mol. The normalized spacial score (nSPS) is 21.4. The van der Waals surface area contributed by atoms with Gasteiger partial charge in [0.25, 0.3) is 0 Å². The zero-order valence-electron chi connectivity index (χ0n) is 10.5. The Hall–Kier alpha value is -1.36. The molecule has 1 aromatic rings. The number of amides is 1.